The summed E-state index contributed by atoms with van der Waals surface area (Å²) < 4.78 is 17.8. The van der Waals surface area contributed by atoms with Crippen LogP contribution in [0.15, 0.2) is 24.3 Å². The Labute approximate surface area is 135 Å². The van der Waals surface area contributed by atoms with E-state index in [1.807, 2.05) is 12.1 Å². The molecule has 124 valence electrons. The Morgan fingerprint density at radius 3 is 2.50 bits per heavy atom. The minimum Gasteiger partial charge on any atom is -0.494 e. The van der Waals surface area contributed by atoms with Crippen LogP contribution in [-0.2, 0) is 9.47 Å². The molecule has 2 rings (SSSR count). The predicted octanol–water partition coefficient (Wildman–Crippen LogP) is 5.11. The zero-order chi connectivity index (χ0) is 15.8. The Balaban J connectivity index is 1.93. The standard InChI is InChI=1S/C19H30O3/c1-4-7-13-20-17-11-9-16(10-12-17)19-21-14-15(6-3)18(22-19)8-5-2/h9-12,15,18-19H,4-8,13-14H2,1-3H3. The molecule has 0 radical (unpaired) electrons. The molecule has 0 aliphatic carbocycles. The molecule has 1 heterocycles. The Bertz CT molecular complexity index is 415. The van der Waals surface area contributed by atoms with E-state index in [1.54, 1.807) is 0 Å². The van der Waals surface area contributed by atoms with Crippen molar-refractivity contribution in [2.24, 2.45) is 5.92 Å². The van der Waals surface area contributed by atoms with Crippen molar-refractivity contribution < 1.29 is 14.2 Å². The molecule has 1 aromatic rings. The topological polar surface area (TPSA) is 27.7 Å². The average Bonchev–Trinajstić information content (AvgIpc) is 2.56. The van der Waals surface area contributed by atoms with E-state index in [1.165, 1.54) is 0 Å². The van der Waals surface area contributed by atoms with Gasteiger partial charge in [-0.25, -0.2) is 0 Å². The summed E-state index contributed by atoms with van der Waals surface area (Å²) in [6.07, 6.45) is 5.70. The van der Waals surface area contributed by atoms with Gasteiger partial charge in [-0.15, -0.1) is 0 Å². The summed E-state index contributed by atoms with van der Waals surface area (Å²) in [5, 5.41) is 0. The van der Waals surface area contributed by atoms with E-state index in [4.69, 9.17) is 14.2 Å². The van der Waals surface area contributed by atoms with Crippen LogP contribution >= 0.6 is 0 Å². The van der Waals surface area contributed by atoms with Crippen molar-refractivity contribution in [3.05, 3.63) is 29.8 Å². The highest BCUT2D eigenvalue weighted by Crippen LogP contribution is 2.33. The van der Waals surface area contributed by atoms with Crippen molar-refractivity contribution in [3.63, 3.8) is 0 Å². The maximum absolute atomic E-state index is 6.19. The van der Waals surface area contributed by atoms with Crippen LogP contribution in [0.25, 0.3) is 0 Å². The molecule has 22 heavy (non-hydrogen) atoms. The molecule has 1 saturated heterocycles. The van der Waals surface area contributed by atoms with E-state index >= 15 is 0 Å². The van der Waals surface area contributed by atoms with E-state index in [0.717, 1.165) is 56.6 Å². The lowest BCUT2D eigenvalue weighted by molar-refractivity contribution is -0.243. The first-order chi connectivity index (χ1) is 10.8. The minimum absolute atomic E-state index is 0.232. The summed E-state index contributed by atoms with van der Waals surface area (Å²) in [6.45, 7) is 8.16. The second-order valence-electron chi connectivity index (χ2n) is 6.07. The van der Waals surface area contributed by atoms with Crippen LogP contribution in [0, 0.1) is 5.92 Å². The number of benzene rings is 1. The van der Waals surface area contributed by atoms with E-state index < -0.39 is 0 Å². The summed E-state index contributed by atoms with van der Waals surface area (Å²) in [4.78, 5) is 0. The van der Waals surface area contributed by atoms with Gasteiger partial charge >= 0.3 is 0 Å². The highest BCUT2D eigenvalue weighted by Gasteiger charge is 2.30. The van der Waals surface area contributed by atoms with Gasteiger partial charge in [-0.3, -0.25) is 0 Å². The van der Waals surface area contributed by atoms with Gasteiger partial charge < -0.3 is 14.2 Å². The SMILES string of the molecule is CCCCOc1ccc(C2OCC(CC)C(CCC)O2)cc1. The minimum atomic E-state index is -0.232. The fourth-order valence-corrected chi connectivity index (χ4v) is 2.83. The lowest BCUT2D eigenvalue weighted by atomic mass is 9.95. The van der Waals surface area contributed by atoms with Crippen LogP contribution in [0.4, 0.5) is 0 Å². The van der Waals surface area contributed by atoms with Crippen LogP contribution in [0.2, 0.25) is 0 Å². The molecule has 3 nitrogen and oxygen atoms in total. The molecular formula is C19H30O3. The summed E-state index contributed by atoms with van der Waals surface area (Å²) in [5.41, 5.74) is 1.08. The third kappa shape index (κ3) is 4.72. The molecule has 1 aliphatic rings. The molecule has 3 unspecified atom stereocenters. The maximum Gasteiger partial charge on any atom is 0.184 e. The smallest absolute Gasteiger partial charge is 0.184 e. The molecule has 0 spiro atoms. The first kappa shape index (κ1) is 17.3. The van der Waals surface area contributed by atoms with Gasteiger partial charge in [0.1, 0.15) is 5.75 Å². The molecule has 1 aliphatic heterocycles. The second kappa shape index (κ2) is 9.16. The average molecular weight is 306 g/mol. The lowest BCUT2D eigenvalue weighted by Crippen LogP contribution is -2.35. The van der Waals surface area contributed by atoms with Crippen LogP contribution in [0.3, 0.4) is 0 Å². The number of unbranched alkanes of at least 4 members (excludes halogenated alkanes) is 1. The largest absolute Gasteiger partial charge is 0.494 e. The summed E-state index contributed by atoms with van der Waals surface area (Å²) >= 11 is 0. The number of hydrogen-bond acceptors (Lipinski definition) is 3. The maximum atomic E-state index is 6.19. The van der Waals surface area contributed by atoms with Crippen molar-refractivity contribution in [3.8, 4) is 5.75 Å². The Hall–Kier alpha value is -1.06. The molecule has 0 saturated carbocycles. The molecule has 0 amide bonds. The molecule has 0 bridgehead atoms. The molecule has 1 aromatic carbocycles. The van der Waals surface area contributed by atoms with E-state index in [0.29, 0.717) is 12.0 Å². The van der Waals surface area contributed by atoms with Gasteiger partial charge in [-0.2, -0.15) is 0 Å². The Morgan fingerprint density at radius 2 is 1.86 bits per heavy atom. The van der Waals surface area contributed by atoms with Crippen molar-refractivity contribution in [1.29, 1.82) is 0 Å². The van der Waals surface area contributed by atoms with Gasteiger partial charge in [0.2, 0.25) is 0 Å². The molecule has 1 fully saturated rings. The summed E-state index contributed by atoms with van der Waals surface area (Å²) in [7, 11) is 0. The van der Waals surface area contributed by atoms with Crippen molar-refractivity contribution in [2.75, 3.05) is 13.2 Å². The number of ether oxygens (including phenoxy) is 3. The van der Waals surface area contributed by atoms with Gasteiger partial charge in [0, 0.05) is 11.5 Å². The van der Waals surface area contributed by atoms with Gasteiger partial charge in [0.15, 0.2) is 6.29 Å². The van der Waals surface area contributed by atoms with Crippen LogP contribution in [0.1, 0.15) is 64.7 Å². The Morgan fingerprint density at radius 1 is 1.09 bits per heavy atom. The zero-order valence-electron chi connectivity index (χ0n) is 14.2. The Kier molecular flexibility index (Phi) is 7.20. The van der Waals surface area contributed by atoms with Gasteiger partial charge in [-0.05, 0) is 31.4 Å². The third-order valence-electron chi connectivity index (χ3n) is 4.30. The van der Waals surface area contributed by atoms with Crippen molar-refractivity contribution in [2.45, 2.75) is 65.3 Å². The quantitative estimate of drug-likeness (QED) is 0.625. The van der Waals surface area contributed by atoms with Gasteiger partial charge in [-0.1, -0.05) is 45.7 Å². The van der Waals surface area contributed by atoms with E-state index in [9.17, 15) is 0 Å². The van der Waals surface area contributed by atoms with Crippen molar-refractivity contribution >= 4 is 0 Å². The van der Waals surface area contributed by atoms with E-state index in [-0.39, 0.29) is 6.29 Å². The third-order valence-corrected chi connectivity index (χ3v) is 4.30. The fraction of sp³-hybridized carbons (Fsp3) is 0.684. The molecule has 0 aromatic heterocycles. The molecular weight excluding hydrogens is 276 g/mol. The van der Waals surface area contributed by atoms with E-state index in [2.05, 4.69) is 32.9 Å². The van der Waals surface area contributed by atoms with Gasteiger partial charge in [0.25, 0.3) is 0 Å². The lowest BCUT2D eigenvalue weighted by Gasteiger charge is -2.36. The zero-order valence-corrected chi connectivity index (χ0v) is 14.2. The normalized spacial score (nSPS) is 25.1. The molecule has 0 N–H and O–H groups in total. The fourth-order valence-electron chi connectivity index (χ4n) is 2.83. The molecule has 3 heteroatoms. The van der Waals surface area contributed by atoms with Crippen molar-refractivity contribution in [1.82, 2.24) is 0 Å². The monoisotopic (exact) mass is 306 g/mol. The number of hydrogen-bond donors (Lipinski definition) is 0. The first-order valence-corrected chi connectivity index (χ1v) is 8.78. The predicted molar refractivity (Wildman–Crippen MR) is 89.1 cm³/mol. The summed E-state index contributed by atoms with van der Waals surface area (Å²) in [6, 6.07) is 8.14. The second-order valence-corrected chi connectivity index (χ2v) is 6.07. The number of rotatable bonds is 8. The first-order valence-electron chi connectivity index (χ1n) is 8.78. The highest BCUT2D eigenvalue weighted by atomic mass is 16.7. The highest BCUT2D eigenvalue weighted by molar-refractivity contribution is 5.28. The van der Waals surface area contributed by atoms with Gasteiger partial charge in [0.05, 0.1) is 19.3 Å². The molecule has 3 atom stereocenters. The van der Waals surface area contributed by atoms with Crippen LogP contribution in [0.5, 0.6) is 5.75 Å². The van der Waals surface area contributed by atoms with Crippen LogP contribution in [-0.4, -0.2) is 19.3 Å². The summed E-state index contributed by atoms with van der Waals surface area (Å²) in [5.74, 6) is 1.44. The van der Waals surface area contributed by atoms with Crippen LogP contribution < -0.4 is 4.74 Å².